The molecular formula is C18H28N2O. The minimum atomic E-state index is 0.700. The molecule has 1 saturated heterocycles. The Morgan fingerprint density at radius 3 is 2.90 bits per heavy atom. The van der Waals surface area contributed by atoms with E-state index in [9.17, 15) is 0 Å². The van der Waals surface area contributed by atoms with Crippen molar-refractivity contribution in [1.82, 2.24) is 10.2 Å². The van der Waals surface area contributed by atoms with Gasteiger partial charge in [0.1, 0.15) is 5.75 Å². The Labute approximate surface area is 128 Å². The number of hydrogen-bond acceptors (Lipinski definition) is 3. The average molecular weight is 288 g/mol. The molecule has 3 nitrogen and oxygen atoms in total. The van der Waals surface area contributed by atoms with Gasteiger partial charge in [-0.3, -0.25) is 4.90 Å². The third-order valence-corrected chi connectivity index (χ3v) is 5.05. The Bertz CT molecular complexity index is 458. The van der Waals surface area contributed by atoms with Crippen LogP contribution in [0.5, 0.6) is 5.75 Å². The first kappa shape index (κ1) is 14.9. The third-order valence-electron chi connectivity index (χ3n) is 5.05. The summed E-state index contributed by atoms with van der Waals surface area (Å²) in [6.45, 7) is 5.86. The van der Waals surface area contributed by atoms with E-state index in [1.54, 1.807) is 7.11 Å². The maximum Gasteiger partial charge on any atom is 0.119 e. The Morgan fingerprint density at radius 1 is 1.33 bits per heavy atom. The molecule has 0 radical (unpaired) electrons. The summed E-state index contributed by atoms with van der Waals surface area (Å²) in [5, 5.41) is 3.77. The normalized spacial score (nSPS) is 26.8. The molecule has 1 saturated carbocycles. The standard InChI is InChI=1S/C18H28N2O/c1-3-16-12-19-18(15-7-8-15)13-20(16)10-9-14-5-4-6-17(11-14)21-2/h4-6,11,15-16,18-19H,3,7-10,12-13H2,1-2H3. The monoisotopic (exact) mass is 288 g/mol. The molecule has 1 heterocycles. The quantitative estimate of drug-likeness (QED) is 0.871. The maximum atomic E-state index is 5.32. The lowest BCUT2D eigenvalue weighted by atomic mass is 10.0. The number of rotatable bonds is 6. The van der Waals surface area contributed by atoms with Crippen molar-refractivity contribution in [3.8, 4) is 5.75 Å². The number of nitrogens with one attached hydrogen (secondary N) is 1. The van der Waals surface area contributed by atoms with Gasteiger partial charge in [-0.25, -0.2) is 0 Å². The highest BCUT2D eigenvalue weighted by Gasteiger charge is 2.36. The highest BCUT2D eigenvalue weighted by molar-refractivity contribution is 5.28. The van der Waals surface area contributed by atoms with Crippen LogP contribution in [0.3, 0.4) is 0 Å². The number of benzene rings is 1. The van der Waals surface area contributed by atoms with Crippen LogP contribution in [-0.4, -0.2) is 43.7 Å². The molecule has 1 aliphatic carbocycles. The molecule has 2 aliphatic rings. The number of hydrogen-bond donors (Lipinski definition) is 1. The minimum absolute atomic E-state index is 0.700. The molecule has 1 aromatic rings. The van der Waals surface area contributed by atoms with Crippen molar-refractivity contribution in [3.05, 3.63) is 29.8 Å². The number of ether oxygens (including phenoxy) is 1. The van der Waals surface area contributed by atoms with Gasteiger partial charge < -0.3 is 10.1 Å². The van der Waals surface area contributed by atoms with Crippen LogP contribution in [0.1, 0.15) is 31.7 Å². The summed E-state index contributed by atoms with van der Waals surface area (Å²) in [4.78, 5) is 2.71. The molecule has 116 valence electrons. The van der Waals surface area contributed by atoms with Crippen molar-refractivity contribution in [2.75, 3.05) is 26.7 Å². The zero-order chi connectivity index (χ0) is 14.7. The molecule has 3 heteroatoms. The third kappa shape index (κ3) is 3.78. The van der Waals surface area contributed by atoms with Gasteiger partial charge in [0.2, 0.25) is 0 Å². The van der Waals surface area contributed by atoms with Crippen LogP contribution in [-0.2, 0) is 6.42 Å². The van der Waals surface area contributed by atoms with E-state index < -0.39 is 0 Å². The molecule has 0 bridgehead atoms. The summed E-state index contributed by atoms with van der Waals surface area (Å²) in [6.07, 6.45) is 5.21. The van der Waals surface area contributed by atoms with Crippen molar-refractivity contribution in [2.24, 2.45) is 5.92 Å². The van der Waals surface area contributed by atoms with Crippen LogP contribution in [0.25, 0.3) is 0 Å². The fourth-order valence-corrected chi connectivity index (χ4v) is 3.47. The van der Waals surface area contributed by atoms with Gasteiger partial charge in [-0.2, -0.15) is 0 Å². The molecule has 2 atom stereocenters. The van der Waals surface area contributed by atoms with E-state index in [0.717, 1.165) is 37.2 Å². The Morgan fingerprint density at radius 2 is 2.19 bits per heavy atom. The zero-order valence-electron chi connectivity index (χ0n) is 13.3. The second-order valence-electron chi connectivity index (χ2n) is 6.51. The van der Waals surface area contributed by atoms with E-state index >= 15 is 0 Å². The predicted molar refractivity (Wildman–Crippen MR) is 86.9 cm³/mol. The smallest absolute Gasteiger partial charge is 0.119 e. The second-order valence-corrected chi connectivity index (χ2v) is 6.51. The topological polar surface area (TPSA) is 24.5 Å². The summed E-state index contributed by atoms with van der Waals surface area (Å²) < 4.78 is 5.32. The highest BCUT2D eigenvalue weighted by atomic mass is 16.5. The van der Waals surface area contributed by atoms with Crippen LogP contribution >= 0.6 is 0 Å². The van der Waals surface area contributed by atoms with Crippen LogP contribution in [0.2, 0.25) is 0 Å². The van der Waals surface area contributed by atoms with Crippen molar-refractivity contribution < 1.29 is 4.74 Å². The summed E-state index contributed by atoms with van der Waals surface area (Å²) >= 11 is 0. The van der Waals surface area contributed by atoms with Gasteiger partial charge in [0.25, 0.3) is 0 Å². The first-order valence-corrected chi connectivity index (χ1v) is 8.40. The summed E-state index contributed by atoms with van der Waals surface area (Å²) in [6, 6.07) is 9.93. The molecule has 0 spiro atoms. The van der Waals surface area contributed by atoms with Crippen molar-refractivity contribution >= 4 is 0 Å². The molecule has 0 aromatic heterocycles. The largest absolute Gasteiger partial charge is 0.497 e. The Hall–Kier alpha value is -1.06. The first-order chi connectivity index (χ1) is 10.3. The number of piperazine rings is 1. The van der Waals surface area contributed by atoms with Crippen LogP contribution < -0.4 is 10.1 Å². The molecule has 1 aromatic carbocycles. The van der Waals surface area contributed by atoms with E-state index in [4.69, 9.17) is 4.74 Å². The fraction of sp³-hybridized carbons (Fsp3) is 0.667. The Kier molecular flexibility index (Phi) is 4.81. The minimum Gasteiger partial charge on any atom is -0.497 e. The van der Waals surface area contributed by atoms with Gasteiger partial charge in [0.05, 0.1) is 7.11 Å². The molecule has 1 N–H and O–H groups in total. The average Bonchev–Trinajstić information content (AvgIpc) is 3.37. The molecule has 3 rings (SSSR count). The van der Waals surface area contributed by atoms with Gasteiger partial charge in [0.15, 0.2) is 0 Å². The van der Waals surface area contributed by atoms with E-state index in [0.29, 0.717) is 6.04 Å². The first-order valence-electron chi connectivity index (χ1n) is 8.40. The molecule has 21 heavy (non-hydrogen) atoms. The molecular weight excluding hydrogens is 260 g/mol. The van der Waals surface area contributed by atoms with Crippen LogP contribution in [0.15, 0.2) is 24.3 Å². The molecule has 1 aliphatic heterocycles. The van der Waals surface area contributed by atoms with Crippen LogP contribution in [0.4, 0.5) is 0 Å². The van der Waals surface area contributed by atoms with Crippen molar-refractivity contribution in [1.29, 1.82) is 0 Å². The molecule has 2 fully saturated rings. The van der Waals surface area contributed by atoms with Crippen LogP contribution in [0, 0.1) is 5.92 Å². The fourth-order valence-electron chi connectivity index (χ4n) is 3.47. The SMILES string of the molecule is CCC1CNC(C2CC2)CN1CCc1cccc(OC)c1. The summed E-state index contributed by atoms with van der Waals surface area (Å²) in [5.74, 6) is 1.91. The lowest BCUT2D eigenvalue weighted by Gasteiger charge is -2.40. The van der Waals surface area contributed by atoms with Gasteiger partial charge >= 0.3 is 0 Å². The summed E-state index contributed by atoms with van der Waals surface area (Å²) in [5.41, 5.74) is 1.38. The van der Waals surface area contributed by atoms with E-state index in [2.05, 4.69) is 35.3 Å². The van der Waals surface area contributed by atoms with E-state index in [1.807, 2.05) is 6.07 Å². The van der Waals surface area contributed by atoms with Crippen molar-refractivity contribution in [3.63, 3.8) is 0 Å². The number of methoxy groups -OCH3 is 1. The van der Waals surface area contributed by atoms with Gasteiger partial charge in [0, 0.05) is 31.7 Å². The van der Waals surface area contributed by atoms with E-state index in [-0.39, 0.29) is 0 Å². The van der Waals surface area contributed by atoms with Gasteiger partial charge in [-0.15, -0.1) is 0 Å². The Balaban J connectivity index is 1.58. The van der Waals surface area contributed by atoms with Crippen molar-refractivity contribution in [2.45, 2.75) is 44.7 Å². The van der Waals surface area contributed by atoms with E-state index in [1.165, 1.54) is 31.4 Å². The second kappa shape index (κ2) is 6.80. The summed E-state index contributed by atoms with van der Waals surface area (Å²) in [7, 11) is 1.74. The lowest BCUT2D eigenvalue weighted by Crippen LogP contribution is -2.57. The zero-order valence-corrected chi connectivity index (χ0v) is 13.3. The maximum absolute atomic E-state index is 5.32. The predicted octanol–water partition coefficient (Wildman–Crippen LogP) is 2.70. The van der Waals surface area contributed by atoms with Gasteiger partial charge in [-0.05, 0) is 49.3 Å². The lowest BCUT2D eigenvalue weighted by molar-refractivity contribution is 0.120. The molecule has 2 unspecified atom stereocenters. The number of nitrogens with zero attached hydrogens (tertiary/aromatic N) is 1. The molecule has 0 amide bonds. The highest BCUT2D eigenvalue weighted by Crippen LogP contribution is 2.34. The van der Waals surface area contributed by atoms with Gasteiger partial charge in [-0.1, -0.05) is 19.1 Å².